The number of nitrogens with one attached hydrogen (secondary N) is 19. The van der Waals surface area contributed by atoms with Gasteiger partial charge in [-0.1, -0.05) is 62.7 Å². The third-order valence-corrected chi connectivity index (χ3v) is 21.7. The standard InChI is InChI=1S/C85H131N25O33/c1-6-40(2)67(107-80(137)57(39-115)105-71(128)47(87)27-44-13-8-7-9-14-44)83(140)96-41(3)70(127)108-68(42(4)116)82(139)95-34-66(126)99-54(36-112)77(134)102-49(22-24-60(89)120)74(131)104-52(29-61(90)121)75(132)106-56(38-114)79(136)101-48(21-23-59(88)119)72(129)92-30-62(122)91-31-63(123)98-53(35-111)73(130)93-32-65(125)100-55(37-113)78(135)103-51(28-45-17-19-46(118)20-18-45)76(133)109-69(43(5)117)84(141)110-26-12-16-58(110)81(138)94-33-64(124)97-50(85(142)143)15-10-11-25-86/h7-9,13-14,17-20,40-43,47-58,67-69,111-118H,6,10-12,15-16,21-39,86-87H2,1-5H3,(H2,88,119)(H2,89,120)(H2,90,121)(H,91,122)(H,92,129)(H,93,130)(H,94,138)(H,95,139)(H,96,140)(H,97,124)(H,98,123)(H,99,126)(H,100,125)(H,101,136)(H,102,134)(H,103,135)(H,104,131)(H,105,128)(H,106,132)(H,107,137)(H,108,127)(H,109,133)(H,142,143)/t40-,41-,42+,43+,47-,48-,49-,50-,51-,52-,53-,54-,55-,56-,57-,58-,67-,68-,69-/m0/s1. The molecule has 3 rings (SSSR count). The number of nitrogens with two attached hydrogens (primary N) is 5. The molecule has 0 unspecified atom stereocenters. The molecule has 0 spiro atoms. The largest absolute Gasteiger partial charge is 0.508 e. The van der Waals surface area contributed by atoms with E-state index in [1.165, 1.54) is 31.2 Å². The van der Waals surface area contributed by atoms with Gasteiger partial charge in [0.1, 0.15) is 96.4 Å². The van der Waals surface area contributed by atoms with Gasteiger partial charge in [0, 0.05) is 25.8 Å². The van der Waals surface area contributed by atoms with Crippen molar-refractivity contribution in [2.45, 2.75) is 227 Å². The normalized spacial score (nSPS) is 15.8. The highest BCUT2D eigenvalue weighted by Gasteiger charge is 2.43. The van der Waals surface area contributed by atoms with Crippen LogP contribution in [-0.4, -0.2) is 380 Å². The summed E-state index contributed by atoms with van der Waals surface area (Å²) in [4.78, 5) is 318. The lowest BCUT2D eigenvalue weighted by atomic mass is 9.97. The Morgan fingerprint density at radius 1 is 0.385 bits per heavy atom. The summed E-state index contributed by atoms with van der Waals surface area (Å²) in [5, 5.41) is 133. The van der Waals surface area contributed by atoms with E-state index in [-0.39, 0.29) is 56.5 Å². The monoisotopic (exact) mass is 2030 g/mol. The maximum absolute atomic E-state index is 14.2. The summed E-state index contributed by atoms with van der Waals surface area (Å²) in [6.45, 7) is -3.83. The van der Waals surface area contributed by atoms with Crippen LogP contribution in [0.15, 0.2) is 54.6 Å². The van der Waals surface area contributed by atoms with E-state index in [1.54, 1.807) is 44.2 Å². The molecule has 19 atom stereocenters. The highest BCUT2D eigenvalue weighted by Crippen LogP contribution is 2.21. The van der Waals surface area contributed by atoms with Crippen molar-refractivity contribution < 1.29 is 161 Å². The number of primary amides is 3. The van der Waals surface area contributed by atoms with Crippen molar-refractivity contribution in [3.05, 3.63) is 65.7 Å². The summed E-state index contributed by atoms with van der Waals surface area (Å²) < 4.78 is 0. The van der Waals surface area contributed by atoms with Gasteiger partial charge in [-0.3, -0.25) is 110 Å². The Hall–Kier alpha value is -14.8. The van der Waals surface area contributed by atoms with Gasteiger partial charge in [-0.25, -0.2) is 4.79 Å². The minimum absolute atomic E-state index is 0.0534. The molecule has 0 saturated carbocycles. The van der Waals surface area contributed by atoms with Crippen LogP contribution in [0, 0.1) is 5.92 Å². The minimum Gasteiger partial charge on any atom is -0.508 e. The Morgan fingerprint density at radius 3 is 1.26 bits per heavy atom. The smallest absolute Gasteiger partial charge is 0.326 e. The quantitative estimate of drug-likeness (QED) is 0.0274. The van der Waals surface area contributed by atoms with E-state index >= 15 is 0 Å². The summed E-state index contributed by atoms with van der Waals surface area (Å²) in [6.07, 6.45) is -6.08. The van der Waals surface area contributed by atoms with Crippen molar-refractivity contribution in [1.82, 2.24) is 106 Å². The zero-order chi connectivity index (χ0) is 108. The molecule has 1 heterocycles. The lowest BCUT2D eigenvalue weighted by Crippen LogP contribution is -2.61. The van der Waals surface area contributed by atoms with E-state index in [0.717, 1.165) is 18.7 Å². The summed E-state index contributed by atoms with van der Waals surface area (Å²) in [5.74, 6) is -28.8. The number of likely N-dealkylation sites (tertiary alicyclic amines) is 1. The second-order valence-electron chi connectivity index (χ2n) is 33.1. The van der Waals surface area contributed by atoms with Crippen molar-refractivity contribution in [1.29, 1.82) is 0 Å². The molecule has 0 aromatic heterocycles. The van der Waals surface area contributed by atoms with E-state index in [0.29, 0.717) is 18.4 Å². The van der Waals surface area contributed by atoms with Gasteiger partial charge < -0.3 is 181 Å². The van der Waals surface area contributed by atoms with E-state index in [9.17, 15) is 161 Å². The van der Waals surface area contributed by atoms with Gasteiger partial charge in [-0.15, -0.1) is 0 Å². The zero-order valence-corrected chi connectivity index (χ0v) is 79.0. The number of carboxylic acids is 1. The number of benzene rings is 2. The minimum atomic E-state index is -2.14. The second kappa shape index (κ2) is 63.1. The fraction of sp³-hybridized carbons (Fsp3) is 0.576. The molecule has 1 fully saturated rings. The number of unbranched alkanes of at least 4 members (excludes halogenated alkanes) is 1. The average molecular weight is 2030 g/mol. The molecule has 1 aliphatic rings. The number of amides is 23. The molecular weight excluding hydrogens is 1900 g/mol. The molecule has 58 heteroatoms. The SMILES string of the molecule is CC[C@H](C)[C@H](NC(=O)[C@H](CO)NC(=O)[C@@H](N)Cc1ccccc1)C(=O)N[C@@H](C)C(=O)N[C@H](C(=O)NCC(=O)N[C@@H](CO)C(=O)N[C@@H](CCC(N)=O)C(=O)N[C@@H](CC(N)=O)C(=O)N[C@@H](CO)C(=O)N[C@@H](CCC(N)=O)C(=O)NCC(=O)NCC(=O)N[C@@H](CO)C(=O)NCC(=O)N[C@@H](CO)C(=O)N[C@@H](Cc1ccc(O)cc1)C(=O)N[C@H](C(=O)N1CCC[C@H]1C(=O)NCC(=O)N[C@@H](CCCCN)C(=O)O)[C@@H](C)O)[C@@H](C)O. The van der Waals surface area contributed by atoms with Crippen molar-refractivity contribution in [3.8, 4) is 5.75 Å². The first-order chi connectivity index (χ1) is 67.5. The van der Waals surface area contributed by atoms with Gasteiger partial charge in [0.2, 0.25) is 136 Å². The van der Waals surface area contributed by atoms with Crippen molar-refractivity contribution >= 4 is 142 Å². The van der Waals surface area contributed by atoms with Crippen molar-refractivity contribution in [2.24, 2.45) is 34.6 Å². The highest BCUT2D eigenvalue weighted by atomic mass is 16.4. The van der Waals surface area contributed by atoms with Crippen LogP contribution >= 0.6 is 0 Å². The van der Waals surface area contributed by atoms with Crippen LogP contribution in [0.25, 0.3) is 0 Å². The van der Waals surface area contributed by atoms with Crippen molar-refractivity contribution in [2.75, 3.05) is 78.8 Å². The molecule has 2 aromatic carbocycles. The lowest BCUT2D eigenvalue weighted by molar-refractivity contribution is -0.144. The Labute approximate surface area is 817 Å². The molecule has 58 nitrogen and oxygen atoms in total. The Kier molecular flexibility index (Phi) is 53.9. The second-order valence-corrected chi connectivity index (χ2v) is 33.1. The third-order valence-electron chi connectivity index (χ3n) is 21.7. The van der Waals surface area contributed by atoms with Crippen molar-refractivity contribution in [3.63, 3.8) is 0 Å². The number of rotatable bonds is 65. The maximum Gasteiger partial charge on any atom is 0.326 e. The topological polar surface area (TPSA) is 954 Å². The summed E-state index contributed by atoms with van der Waals surface area (Å²) >= 11 is 0. The number of aromatic hydroxyl groups is 1. The molecule has 0 radical (unpaired) electrons. The number of carbonyl (C=O) groups is 24. The van der Waals surface area contributed by atoms with Crippen LogP contribution in [-0.2, 0) is 128 Å². The number of phenols is 1. The van der Waals surface area contributed by atoms with Gasteiger partial charge in [0.15, 0.2) is 0 Å². The fourth-order valence-corrected chi connectivity index (χ4v) is 13.4. The summed E-state index contributed by atoms with van der Waals surface area (Å²) in [6, 6.07) is -13.6. The number of hydrogen-bond acceptors (Lipinski definition) is 34. The number of aliphatic carboxylic acids is 1. The van der Waals surface area contributed by atoms with Gasteiger partial charge in [0.25, 0.3) is 0 Å². The van der Waals surface area contributed by atoms with Crippen LogP contribution < -0.4 is 130 Å². The van der Waals surface area contributed by atoms with E-state index < -0.39 is 361 Å². The average Bonchev–Trinajstić information content (AvgIpc) is 1.36. The number of hydrogen-bond donors (Lipinski definition) is 33. The molecule has 1 saturated heterocycles. The number of aliphatic hydroxyl groups is 7. The van der Waals surface area contributed by atoms with Crippen LogP contribution in [0.5, 0.6) is 5.75 Å². The third kappa shape index (κ3) is 43.8. The molecule has 794 valence electrons. The van der Waals surface area contributed by atoms with Gasteiger partial charge in [-0.05, 0) is 108 Å². The molecule has 0 bridgehead atoms. The molecule has 143 heavy (non-hydrogen) atoms. The molecule has 23 amide bonds. The number of carboxylic acid groups (broad SMARTS) is 1. The van der Waals surface area contributed by atoms with Gasteiger partial charge >= 0.3 is 5.97 Å². The summed E-state index contributed by atoms with van der Waals surface area (Å²) in [7, 11) is 0. The van der Waals surface area contributed by atoms with E-state index in [2.05, 4.69) is 85.1 Å². The maximum atomic E-state index is 14.2. The molecular formula is C85H131N25O33. The van der Waals surface area contributed by atoms with Crippen LogP contribution in [0.2, 0.25) is 0 Å². The number of carbonyl (C=O) groups excluding carboxylic acids is 23. The Bertz CT molecular complexity index is 4750. The van der Waals surface area contributed by atoms with Crippen LogP contribution in [0.3, 0.4) is 0 Å². The predicted octanol–water partition coefficient (Wildman–Crippen LogP) is -17.7. The molecule has 1 aliphatic heterocycles. The molecule has 38 N–H and O–H groups in total. The first kappa shape index (κ1) is 122. The number of aliphatic hydroxyl groups excluding tert-OH is 7. The number of phenolic OH excluding ortho intramolecular Hbond substituents is 1. The Morgan fingerprint density at radius 2 is 0.776 bits per heavy atom. The first-order valence-electron chi connectivity index (χ1n) is 45.1. The zero-order valence-electron chi connectivity index (χ0n) is 79.0. The lowest BCUT2D eigenvalue weighted by Gasteiger charge is -2.31. The van der Waals surface area contributed by atoms with E-state index in [1.807, 2.05) is 16.0 Å². The predicted molar refractivity (Wildman–Crippen MR) is 492 cm³/mol. The number of nitrogens with zero attached hydrogens (tertiary/aromatic N) is 1. The van der Waals surface area contributed by atoms with Crippen LogP contribution in [0.1, 0.15) is 116 Å². The van der Waals surface area contributed by atoms with E-state index in [4.69, 9.17) is 28.7 Å². The Balaban J connectivity index is 1.61. The molecule has 0 aliphatic carbocycles. The fourth-order valence-electron chi connectivity index (χ4n) is 13.4. The molecule has 2 aromatic rings. The van der Waals surface area contributed by atoms with Gasteiger partial charge in [-0.2, -0.15) is 0 Å². The van der Waals surface area contributed by atoms with Gasteiger partial charge in [0.05, 0.1) is 90.4 Å². The summed E-state index contributed by atoms with van der Waals surface area (Å²) in [5.41, 5.74) is 28.5. The highest BCUT2D eigenvalue weighted by molar-refractivity contribution is 6.02. The first-order valence-corrected chi connectivity index (χ1v) is 45.1. The van der Waals surface area contributed by atoms with Crippen LogP contribution in [0.4, 0.5) is 0 Å².